The Bertz CT molecular complexity index is 1380. The maximum Gasteiger partial charge on any atom is 0.0287 e. The summed E-state index contributed by atoms with van der Waals surface area (Å²) in [7, 11) is 0. The second-order valence-corrected chi connectivity index (χ2v) is 13.2. The Morgan fingerprint density at radius 2 is 0.769 bits per heavy atom. The predicted molar refractivity (Wildman–Crippen MR) is 181 cm³/mol. The topological polar surface area (TPSA) is 0 Å². The van der Waals surface area contributed by atoms with Crippen LogP contribution in [0.25, 0.3) is 19.6 Å². The normalized spacial score (nSPS) is 22.9. The molecule has 0 aliphatic heterocycles. The third-order valence-corrected chi connectivity index (χ3v) is 12.0. The summed E-state index contributed by atoms with van der Waals surface area (Å²) >= 11 is 14.3. The molecule has 39 heavy (non-hydrogen) atoms. The molecule has 6 rings (SSSR count). The molecule has 4 aromatic carbocycles. The van der Waals surface area contributed by atoms with Crippen molar-refractivity contribution in [2.75, 3.05) is 0 Å². The molecule has 0 nitrogen and oxygen atoms in total. The van der Waals surface area contributed by atoms with E-state index in [4.69, 9.17) is 25.3 Å². The van der Waals surface area contributed by atoms with Gasteiger partial charge in [-0.2, -0.15) is 0 Å². The highest BCUT2D eigenvalue weighted by Gasteiger charge is 2.46. The monoisotopic (exact) mass is 578 g/mol. The van der Waals surface area contributed by atoms with Crippen LogP contribution in [0.5, 0.6) is 0 Å². The van der Waals surface area contributed by atoms with E-state index in [1.54, 1.807) is 0 Å². The van der Waals surface area contributed by atoms with Crippen molar-refractivity contribution in [2.24, 2.45) is 11.8 Å². The van der Waals surface area contributed by atoms with E-state index in [0.29, 0.717) is 22.3 Å². The maximum atomic E-state index is 5.12. The lowest BCUT2D eigenvalue weighted by Gasteiger charge is -2.30. The van der Waals surface area contributed by atoms with Crippen LogP contribution in [0.15, 0.2) is 133 Å². The Balaban J connectivity index is 1.40. The summed E-state index contributed by atoms with van der Waals surface area (Å²) in [5, 5.41) is 0.864. The van der Waals surface area contributed by atoms with Crippen molar-refractivity contribution < 1.29 is 0 Å². The summed E-state index contributed by atoms with van der Waals surface area (Å²) in [5.74, 6) is 1.09. The maximum absolute atomic E-state index is 5.12. The third-order valence-electron chi connectivity index (χ3n) is 7.42. The molecule has 1 fully saturated rings. The molecule has 2 bridgehead atoms. The fourth-order valence-electron chi connectivity index (χ4n) is 5.47. The molecule has 2 aliphatic rings. The van der Waals surface area contributed by atoms with Gasteiger partial charge in [-0.15, -0.1) is 48.8 Å². The Kier molecular flexibility index (Phi) is 8.46. The SMILES string of the molecule is S/C(=C(\SC1C(S/C(=C(\S)c2ccccc2)c2ccccc2)[C@H]2C=C[C@@H]1C2)c1ccccc1)c1ccccc1. The first-order valence-electron chi connectivity index (χ1n) is 13.3. The van der Waals surface area contributed by atoms with E-state index >= 15 is 0 Å². The minimum atomic E-state index is 0.432. The molecule has 0 heterocycles. The van der Waals surface area contributed by atoms with Crippen LogP contribution in [0.1, 0.15) is 28.7 Å². The highest BCUT2D eigenvalue weighted by atomic mass is 32.2. The number of hydrogen-bond donors (Lipinski definition) is 2. The second kappa shape index (κ2) is 12.3. The lowest BCUT2D eigenvalue weighted by atomic mass is 10.1. The number of fused-ring (bicyclic) bond motifs is 2. The van der Waals surface area contributed by atoms with Gasteiger partial charge in [0.25, 0.3) is 0 Å². The van der Waals surface area contributed by atoms with Gasteiger partial charge in [-0.05, 0) is 40.5 Å². The standard InChI is InChI=1S/C35H30S4/c36-30(24-13-5-1-6-14-24)32(26-17-9-3-10-18-26)38-34-28-21-22-29(23-28)35(34)39-33(27-19-11-4-12-20-27)31(37)25-15-7-2-8-16-25/h1-22,28-29,34-37H,23H2/b32-30-,33-31-/t28-,29+,34?,35?. The molecule has 0 spiro atoms. The van der Waals surface area contributed by atoms with Crippen molar-refractivity contribution in [1.29, 1.82) is 0 Å². The van der Waals surface area contributed by atoms with Gasteiger partial charge in [-0.25, -0.2) is 0 Å². The highest BCUT2D eigenvalue weighted by molar-refractivity contribution is 8.14. The van der Waals surface area contributed by atoms with Gasteiger partial charge in [0.05, 0.1) is 0 Å². The molecule has 0 amide bonds. The van der Waals surface area contributed by atoms with Crippen LogP contribution in [0.3, 0.4) is 0 Å². The average molecular weight is 579 g/mol. The molecule has 194 valence electrons. The average Bonchev–Trinajstić information content (AvgIpc) is 3.62. The number of allylic oxidation sites excluding steroid dienone is 2. The van der Waals surface area contributed by atoms with E-state index in [0.717, 1.165) is 20.9 Å². The summed E-state index contributed by atoms with van der Waals surface area (Å²) in [6.07, 6.45) is 6.11. The largest absolute Gasteiger partial charge is 0.142 e. The van der Waals surface area contributed by atoms with Crippen molar-refractivity contribution in [2.45, 2.75) is 16.9 Å². The van der Waals surface area contributed by atoms with Gasteiger partial charge in [-0.1, -0.05) is 133 Å². The molecule has 0 aromatic heterocycles. The highest BCUT2D eigenvalue weighted by Crippen LogP contribution is 2.57. The van der Waals surface area contributed by atoms with E-state index in [9.17, 15) is 0 Å². The zero-order chi connectivity index (χ0) is 26.6. The first-order chi connectivity index (χ1) is 19.2. The molecular weight excluding hydrogens is 549 g/mol. The molecule has 4 atom stereocenters. The first-order valence-corrected chi connectivity index (χ1v) is 15.9. The van der Waals surface area contributed by atoms with Crippen molar-refractivity contribution in [3.63, 3.8) is 0 Å². The Hall–Kier alpha value is -2.50. The summed E-state index contributed by atoms with van der Waals surface area (Å²) in [5.41, 5.74) is 4.76. The molecule has 2 unspecified atom stereocenters. The molecule has 4 aromatic rings. The zero-order valence-electron chi connectivity index (χ0n) is 21.4. The van der Waals surface area contributed by atoms with Crippen molar-refractivity contribution in [1.82, 2.24) is 0 Å². The quantitative estimate of drug-likeness (QED) is 0.121. The van der Waals surface area contributed by atoms with E-state index in [2.05, 4.69) is 133 Å². The minimum Gasteiger partial charge on any atom is -0.142 e. The Labute approximate surface area is 251 Å². The van der Waals surface area contributed by atoms with E-state index in [1.807, 2.05) is 23.5 Å². The van der Waals surface area contributed by atoms with E-state index < -0.39 is 0 Å². The van der Waals surface area contributed by atoms with Crippen LogP contribution in [0, 0.1) is 11.8 Å². The summed E-state index contributed by atoms with van der Waals surface area (Å²) in [6.45, 7) is 0. The third kappa shape index (κ3) is 5.85. The van der Waals surface area contributed by atoms with Crippen LogP contribution < -0.4 is 0 Å². The van der Waals surface area contributed by atoms with Crippen molar-refractivity contribution >= 4 is 68.4 Å². The molecule has 2 aliphatic carbocycles. The number of thioether (sulfide) groups is 2. The summed E-state index contributed by atoms with van der Waals surface area (Å²) < 4.78 is 0. The molecule has 4 heteroatoms. The van der Waals surface area contributed by atoms with Crippen molar-refractivity contribution in [3.05, 3.63) is 156 Å². The lowest BCUT2D eigenvalue weighted by molar-refractivity contribution is 0.697. The van der Waals surface area contributed by atoms with Crippen LogP contribution in [-0.2, 0) is 0 Å². The number of thiol groups is 2. The number of benzene rings is 4. The van der Waals surface area contributed by atoms with Gasteiger partial charge >= 0.3 is 0 Å². The smallest absolute Gasteiger partial charge is 0.0287 e. The molecule has 1 saturated carbocycles. The van der Waals surface area contributed by atoms with Gasteiger partial charge in [0.1, 0.15) is 0 Å². The van der Waals surface area contributed by atoms with E-state index in [-0.39, 0.29) is 0 Å². The molecule has 0 N–H and O–H groups in total. The molecule has 0 radical (unpaired) electrons. The van der Waals surface area contributed by atoms with Gasteiger partial charge in [-0.3, -0.25) is 0 Å². The summed E-state index contributed by atoms with van der Waals surface area (Å²) in [6, 6.07) is 42.6. The first kappa shape index (κ1) is 26.7. The minimum absolute atomic E-state index is 0.432. The molecular formula is C35H30S4. The number of hydrogen-bond acceptors (Lipinski definition) is 4. The lowest BCUT2D eigenvalue weighted by Crippen LogP contribution is -2.25. The van der Waals surface area contributed by atoms with Gasteiger partial charge in [0, 0.05) is 30.1 Å². The Morgan fingerprint density at radius 3 is 1.10 bits per heavy atom. The fourth-order valence-corrected chi connectivity index (χ4v) is 9.65. The predicted octanol–water partition coefficient (Wildman–Crippen LogP) is 10.3. The van der Waals surface area contributed by atoms with Crippen LogP contribution >= 0.6 is 48.8 Å². The second-order valence-electron chi connectivity index (χ2n) is 9.93. The van der Waals surface area contributed by atoms with E-state index in [1.165, 1.54) is 27.4 Å². The summed E-state index contributed by atoms with van der Waals surface area (Å²) in [4.78, 5) is 4.59. The van der Waals surface area contributed by atoms with Crippen LogP contribution in [0.4, 0.5) is 0 Å². The Morgan fingerprint density at radius 1 is 0.462 bits per heavy atom. The zero-order valence-corrected chi connectivity index (χ0v) is 24.9. The van der Waals surface area contributed by atoms with Crippen LogP contribution in [0.2, 0.25) is 0 Å². The van der Waals surface area contributed by atoms with Crippen molar-refractivity contribution in [3.8, 4) is 0 Å². The van der Waals surface area contributed by atoms with Gasteiger partial charge < -0.3 is 0 Å². The fraction of sp³-hybridized carbons (Fsp3) is 0.143. The van der Waals surface area contributed by atoms with Crippen LogP contribution in [-0.4, -0.2) is 10.5 Å². The van der Waals surface area contributed by atoms with Gasteiger partial charge in [0.2, 0.25) is 0 Å². The van der Waals surface area contributed by atoms with Gasteiger partial charge in [0.15, 0.2) is 0 Å². The number of rotatable bonds is 8. The molecule has 0 saturated heterocycles.